The molecule has 0 saturated carbocycles. The van der Waals surface area contributed by atoms with Gasteiger partial charge in [0.25, 0.3) is 0 Å². The smallest absolute Gasteiger partial charge is 0.342 e. The maximum Gasteiger partial charge on any atom is 0.342 e. The van der Waals surface area contributed by atoms with Crippen LogP contribution in [0.2, 0.25) is 0 Å². The van der Waals surface area contributed by atoms with Crippen LogP contribution in [-0.2, 0) is 11.3 Å². The maximum atomic E-state index is 12.9. The summed E-state index contributed by atoms with van der Waals surface area (Å²) in [5.41, 5.74) is 2.10. The minimum absolute atomic E-state index is 0.121. The van der Waals surface area contributed by atoms with Gasteiger partial charge < -0.3 is 19.4 Å². The van der Waals surface area contributed by atoms with Gasteiger partial charge in [0, 0.05) is 23.1 Å². The summed E-state index contributed by atoms with van der Waals surface area (Å²) >= 11 is 0. The quantitative estimate of drug-likeness (QED) is 0.525. The first-order valence-corrected chi connectivity index (χ1v) is 9.96. The summed E-state index contributed by atoms with van der Waals surface area (Å²) in [5.74, 6) is 0.109. The Bertz CT molecular complexity index is 991. The number of hydrogen-bond donors (Lipinski definition) is 2. The number of benzene rings is 2. The molecule has 154 valence electrons. The highest BCUT2D eigenvalue weighted by molar-refractivity contribution is 6.10. The molecule has 1 heterocycles. The van der Waals surface area contributed by atoms with E-state index in [4.69, 9.17) is 9.15 Å². The van der Waals surface area contributed by atoms with Crippen molar-refractivity contribution in [2.24, 2.45) is 0 Å². The van der Waals surface area contributed by atoms with Gasteiger partial charge in [0.15, 0.2) is 0 Å². The van der Waals surface area contributed by atoms with Crippen molar-refractivity contribution in [1.82, 2.24) is 4.90 Å². The van der Waals surface area contributed by atoms with Crippen LogP contribution in [0.3, 0.4) is 0 Å². The van der Waals surface area contributed by atoms with E-state index in [9.17, 15) is 15.0 Å². The van der Waals surface area contributed by atoms with Gasteiger partial charge in [-0.25, -0.2) is 4.79 Å². The van der Waals surface area contributed by atoms with Gasteiger partial charge in [-0.15, -0.1) is 0 Å². The zero-order valence-electron chi connectivity index (χ0n) is 17.1. The number of hydrogen-bond acceptors (Lipinski definition) is 6. The molecule has 0 aliphatic rings. The molecule has 3 aromatic rings. The van der Waals surface area contributed by atoms with Gasteiger partial charge in [-0.3, -0.25) is 4.90 Å². The molecule has 6 heteroatoms. The van der Waals surface area contributed by atoms with E-state index in [2.05, 4.69) is 18.7 Å². The lowest BCUT2D eigenvalue weighted by Gasteiger charge is -2.20. The molecule has 2 aromatic carbocycles. The average Bonchev–Trinajstić information content (AvgIpc) is 3.10. The number of esters is 1. The van der Waals surface area contributed by atoms with Crippen LogP contribution in [0.25, 0.3) is 22.3 Å². The van der Waals surface area contributed by atoms with E-state index in [-0.39, 0.29) is 18.1 Å². The Morgan fingerprint density at radius 1 is 1.07 bits per heavy atom. The van der Waals surface area contributed by atoms with Gasteiger partial charge in [-0.1, -0.05) is 13.8 Å². The second kappa shape index (κ2) is 9.01. The van der Waals surface area contributed by atoms with Crippen LogP contribution < -0.4 is 0 Å². The summed E-state index contributed by atoms with van der Waals surface area (Å²) in [4.78, 5) is 15.1. The summed E-state index contributed by atoms with van der Waals surface area (Å²) in [6.45, 7) is 8.34. The van der Waals surface area contributed by atoms with Gasteiger partial charge in [0.2, 0.25) is 0 Å². The molecule has 3 rings (SSSR count). The molecule has 0 saturated heterocycles. The van der Waals surface area contributed by atoms with Crippen LogP contribution in [0.5, 0.6) is 11.5 Å². The fraction of sp³-hybridized carbons (Fsp3) is 0.348. The third kappa shape index (κ3) is 4.22. The number of ether oxygens (including phenoxy) is 1. The molecule has 0 spiro atoms. The molecule has 0 radical (unpaired) electrons. The van der Waals surface area contributed by atoms with E-state index in [1.807, 2.05) is 0 Å². The molecule has 0 aliphatic heterocycles. The minimum atomic E-state index is -0.500. The molecule has 0 bridgehead atoms. The Morgan fingerprint density at radius 3 is 2.41 bits per heavy atom. The van der Waals surface area contributed by atoms with Crippen molar-refractivity contribution in [3.05, 3.63) is 47.5 Å². The molecule has 0 aliphatic carbocycles. The highest BCUT2D eigenvalue weighted by Gasteiger charge is 2.27. The topological polar surface area (TPSA) is 83.1 Å². The Morgan fingerprint density at radius 2 is 1.79 bits per heavy atom. The standard InChI is InChI=1S/C23H27NO5/c1-4-13-24(5-2)14-17-18(26)11-12-19-20(17)21(23(27)28-6-3)22(29-19)15-7-9-16(25)10-8-15/h7-12,25-26H,4-6,13-14H2,1-3H3. The van der Waals surface area contributed by atoms with Crippen molar-refractivity contribution in [2.45, 2.75) is 33.7 Å². The molecular formula is C23H27NO5. The number of aromatic hydroxyl groups is 2. The number of furan rings is 1. The van der Waals surface area contributed by atoms with Crippen molar-refractivity contribution >= 4 is 16.9 Å². The summed E-state index contributed by atoms with van der Waals surface area (Å²) in [7, 11) is 0. The van der Waals surface area contributed by atoms with Crippen molar-refractivity contribution in [2.75, 3.05) is 19.7 Å². The normalized spacial score (nSPS) is 11.3. The number of carbonyl (C=O) groups excluding carboxylic acids is 1. The summed E-state index contributed by atoms with van der Waals surface area (Å²) < 4.78 is 11.4. The number of phenolic OH excluding ortho intramolecular Hbond substituents is 2. The fourth-order valence-electron chi connectivity index (χ4n) is 3.51. The second-order valence-corrected chi connectivity index (χ2v) is 6.88. The number of rotatable bonds is 8. The largest absolute Gasteiger partial charge is 0.508 e. The summed E-state index contributed by atoms with van der Waals surface area (Å²) in [6.07, 6.45) is 0.986. The van der Waals surface area contributed by atoms with E-state index in [1.54, 1.807) is 31.2 Å². The zero-order valence-corrected chi connectivity index (χ0v) is 17.1. The van der Waals surface area contributed by atoms with Crippen LogP contribution in [-0.4, -0.2) is 40.8 Å². The predicted molar refractivity (Wildman–Crippen MR) is 112 cm³/mol. The van der Waals surface area contributed by atoms with Crippen LogP contribution in [0.15, 0.2) is 40.8 Å². The van der Waals surface area contributed by atoms with Crippen LogP contribution in [0.1, 0.15) is 43.1 Å². The van der Waals surface area contributed by atoms with Crippen molar-refractivity contribution in [3.8, 4) is 22.8 Å². The molecule has 0 atom stereocenters. The number of nitrogens with zero attached hydrogens (tertiary/aromatic N) is 1. The van der Waals surface area contributed by atoms with Gasteiger partial charge in [0.1, 0.15) is 28.4 Å². The van der Waals surface area contributed by atoms with E-state index < -0.39 is 5.97 Å². The van der Waals surface area contributed by atoms with Crippen molar-refractivity contribution in [1.29, 1.82) is 0 Å². The Kier molecular flexibility index (Phi) is 6.44. The Balaban J connectivity index is 2.25. The summed E-state index contributed by atoms with van der Waals surface area (Å²) in [6, 6.07) is 9.70. The molecule has 29 heavy (non-hydrogen) atoms. The highest BCUT2D eigenvalue weighted by atomic mass is 16.5. The molecule has 0 unspecified atom stereocenters. The minimum Gasteiger partial charge on any atom is -0.508 e. The highest BCUT2D eigenvalue weighted by Crippen LogP contribution is 2.39. The SMILES string of the molecule is CCCN(CC)Cc1c(O)ccc2oc(-c3ccc(O)cc3)c(C(=O)OCC)c12. The van der Waals surface area contributed by atoms with Gasteiger partial charge in [0.05, 0.1) is 6.61 Å². The number of fused-ring (bicyclic) bond motifs is 1. The molecule has 0 amide bonds. The van der Waals surface area contributed by atoms with Gasteiger partial charge in [-0.05, 0) is 62.8 Å². The van der Waals surface area contributed by atoms with Crippen LogP contribution >= 0.6 is 0 Å². The maximum absolute atomic E-state index is 12.9. The number of phenols is 2. The average molecular weight is 397 g/mol. The molecule has 0 fully saturated rings. The second-order valence-electron chi connectivity index (χ2n) is 6.88. The first-order valence-electron chi connectivity index (χ1n) is 9.96. The van der Waals surface area contributed by atoms with Gasteiger partial charge >= 0.3 is 5.97 Å². The Hall–Kier alpha value is -2.99. The monoisotopic (exact) mass is 397 g/mol. The predicted octanol–water partition coefficient (Wildman–Crippen LogP) is 4.92. The summed E-state index contributed by atoms with van der Waals surface area (Å²) in [5, 5.41) is 20.8. The van der Waals surface area contributed by atoms with E-state index >= 15 is 0 Å². The van der Waals surface area contributed by atoms with Crippen LogP contribution in [0.4, 0.5) is 0 Å². The zero-order chi connectivity index (χ0) is 21.0. The third-order valence-corrected chi connectivity index (χ3v) is 4.92. The first kappa shape index (κ1) is 20.7. The molecule has 2 N–H and O–H groups in total. The van der Waals surface area contributed by atoms with Gasteiger partial charge in [-0.2, -0.15) is 0 Å². The third-order valence-electron chi connectivity index (χ3n) is 4.92. The lowest BCUT2D eigenvalue weighted by Crippen LogP contribution is -2.24. The first-order chi connectivity index (χ1) is 14.0. The molecule has 6 nitrogen and oxygen atoms in total. The fourth-order valence-corrected chi connectivity index (χ4v) is 3.51. The molecular weight excluding hydrogens is 370 g/mol. The molecule has 1 aromatic heterocycles. The lowest BCUT2D eigenvalue weighted by atomic mass is 10.0. The van der Waals surface area contributed by atoms with Crippen molar-refractivity contribution < 1.29 is 24.2 Å². The number of carbonyl (C=O) groups is 1. The van der Waals surface area contributed by atoms with E-state index in [0.29, 0.717) is 40.0 Å². The van der Waals surface area contributed by atoms with Crippen LogP contribution in [0, 0.1) is 0 Å². The van der Waals surface area contributed by atoms with E-state index in [0.717, 1.165) is 19.5 Å². The van der Waals surface area contributed by atoms with E-state index in [1.165, 1.54) is 12.1 Å². The van der Waals surface area contributed by atoms with Crippen molar-refractivity contribution in [3.63, 3.8) is 0 Å². The lowest BCUT2D eigenvalue weighted by molar-refractivity contribution is 0.0528. The Labute approximate surface area is 170 Å².